The van der Waals surface area contributed by atoms with Gasteiger partial charge in [-0.05, 0) is 61.6 Å². The number of benzene rings is 1. The molecule has 2 fully saturated rings. The third-order valence-electron chi connectivity index (χ3n) is 5.33. The lowest BCUT2D eigenvalue weighted by molar-refractivity contribution is 0.0819. The van der Waals surface area contributed by atoms with Crippen LogP contribution in [0.15, 0.2) is 29.2 Å². The smallest absolute Gasteiger partial charge is 0.0605 e. The molecule has 0 bridgehead atoms. The molecule has 26 heavy (non-hydrogen) atoms. The molecule has 1 aliphatic carbocycles. The van der Waals surface area contributed by atoms with Crippen molar-refractivity contribution in [2.75, 3.05) is 31.4 Å². The Morgan fingerprint density at radius 1 is 0.962 bits per heavy atom. The maximum atomic E-state index is 5.38. The van der Waals surface area contributed by atoms with Crippen LogP contribution in [0.25, 0.3) is 0 Å². The summed E-state index contributed by atoms with van der Waals surface area (Å²) in [5.74, 6) is 2.23. The number of hydrogen-bond acceptors (Lipinski definition) is 3. The van der Waals surface area contributed by atoms with Crippen molar-refractivity contribution >= 4 is 17.4 Å². The third kappa shape index (κ3) is 8.35. The minimum absolute atomic E-state index is 0.460. The Hall–Kier alpha value is -0.670. The minimum Gasteiger partial charge on any atom is -0.381 e. The Kier molecular flexibility index (Phi) is 12.1. The number of nitrogens with zero attached hydrogens (tertiary/aromatic N) is 1. The number of hydrogen-bond donors (Lipinski definition) is 0. The van der Waals surface area contributed by atoms with Gasteiger partial charge < -0.3 is 9.64 Å². The van der Waals surface area contributed by atoms with Gasteiger partial charge in [-0.15, -0.1) is 11.8 Å². The Morgan fingerprint density at radius 3 is 1.81 bits per heavy atom. The van der Waals surface area contributed by atoms with E-state index in [1.54, 1.807) is 11.8 Å². The second-order valence-electron chi connectivity index (χ2n) is 7.40. The Bertz CT molecular complexity index is 446. The van der Waals surface area contributed by atoms with E-state index >= 15 is 0 Å². The van der Waals surface area contributed by atoms with Gasteiger partial charge in [-0.1, -0.05) is 47.0 Å². The molecule has 3 rings (SSSR count). The van der Waals surface area contributed by atoms with Gasteiger partial charge in [-0.3, -0.25) is 0 Å². The van der Waals surface area contributed by atoms with Crippen LogP contribution in [-0.2, 0) is 4.74 Å². The van der Waals surface area contributed by atoms with E-state index in [4.69, 9.17) is 4.74 Å². The second-order valence-corrected chi connectivity index (χ2v) is 8.28. The summed E-state index contributed by atoms with van der Waals surface area (Å²) in [4.78, 5) is 3.77. The average Bonchev–Trinajstić information content (AvgIpc) is 3.48. The van der Waals surface area contributed by atoms with Gasteiger partial charge >= 0.3 is 0 Å². The van der Waals surface area contributed by atoms with Crippen molar-refractivity contribution < 1.29 is 4.74 Å². The van der Waals surface area contributed by atoms with Crippen LogP contribution in [0, 0.1) is 11.8 Å². The fourth-order valence-corrected chi connectivity index (χ4v) is 3.86. The summed E-state index contributed by atoms with van der Waals surface area (Å²) in [5, 5.41) is 0. The van der Waals surface area contributed by atoms with Crippen LogP contribution in [0.3, 0.4) is 0 Å². The standard InChI is InChI=1S/C13H19NOS.C7H14.C3H8/c1-15-12-7-9-14(10-8-12)11-3-5-13(16-2)6-4-11;1-3-6-5-7(6)4-2;1-3-2/h3-6,12H,7-10H2,1-2H3;6-7H,3-5H2,1-2H3;3H2,1-2H3. The zero-order chi connectivity index (χ0) is 19.4. The molecule has 2 aliphatic rings. The Balaban J connectivity index is 0.000000280. The maximum absolute atomic E-state index is 5.38. The van der Waals surface area contributed by atoms with Crippen molar-refractivity contribution in [1.29, 1.82) is 0 Å². The highest BCUT2D eigenvalue weighted by molar-refractivity contribution is 7.98. The van der Waals surface area contributed by atoms with Crippen molar-refractivity contribution in [3.63, 3.8) is 0 Å². The molecule has 1 heterocycles. The summed E-state index contributed by atoms with van der Waals surface area (Å²) in [6.07, 6.45) is 10.5. The zero-order valence-electron chi connectivity index (χ0n) is 18.0. The highest BCUT2D eigenvalue weighted by Gasteiger charge is 2.32. The predicted molar refractivity (Wildman–Crippen MR) is 119 cm³/mol. The van der Waals surface area contributed by atoms with Crippen molar-refractivity contribution in [2.45, 2.75) is 77.2 Å². The molecule has 150 valence electrons. The first-order chi connectivity index (χ1) is 12.6. The normalized spacial score (nSPS) is 22.0. The fourth-order valence-electron chi connectivity index (χ4n) is 3.45. The summed E-state index contributed by atoms with van der Waals surface area (Å²) in [7, 11) is 1.81. The molecule has 1 saturated heterocycles. The molecule has 3 heteroatoms. The van der Waals surface area contributed by atoms with Gasteiger partial charge in [-0.25, -0.2) is 0 Å². The lowest BCUT2D eigenvalue weighted by Gasteiger charge is -2.33. The largest absolute Gasteiger partial charge is 0.381 e. The van der Waals surface area contributed by atoms with Crippen LogP contribution in [0.5, 0.6) is 0 Å². The fraction of sp³-hybridized carbons (Fsp3) is 0.739. The van der Waals surface area contributed by atoms with Crippen molar-refractivity contribution in [3.8, 4) is 0 Å². The highest BCUT2D eigenvalue weighted by Crippen LogP contribution is 2.42. The second kappa shape index (κ2) is 13.5. The van der Waals surface area contributed by atoms with Gasteiger partial charge in [0.25, 0.3) is 0 Å². The van der Waals surface area contributed by atoms with Gasteiger partial charge in [-0.2, -0.15) is 0 Å². The number of methoxy groups -OCH3 is 1. The van der Waals surface area contributed by atoms with Crippen molar-refractivity contribution in [1.82, 2.24) is 0 Å². The van der Waals surface area contributed by atoms with Crippen LogP contribution in [0.1, 0.15) is 66.2 Å². The first-order valence-corrected chi connectivity index (χ1v) is 11.8. The molecule has 0 N–H and O–H groups in total. The van der Waals surface area contributed by atoms with Crippen LogP contribution in [-0.4, -0.2) is 32.6 Å². The van der Waals surface area contributed by atoms with Crippen molar-refractivity contribution in [3.05, 3.63) is 24.3 Å². The lowest BCUT2D eigenvalue weighted by Crippen LogP contribution is -2.36. The predicted octanol–water partition coefficient (Wildman–Crippen LogP) is 6.88. The molecule has 0 aromatic heterocycles. The minimum atomic E-state index is 0.460. The molecular formula is C23H41NOS. The maximum Gasteiger partial charge on any atom is 0.0605 e. The van der Waals surface area contributed by atoms with Gasteiger partial charge in [0.2, 0.25) is 0 Å². The summed E-state index contributed by atoms with van der Waals surface area (Å²) >= 11 is 1.79. The van der Waals surface area contributed by atoms with Crippen LogP contribution >= 0.6 is 11.8 Å². The van der Waals surface area contributed by atoms with E-state index in [2.05, 4.69) is 63.1 Å². The van der Waals surface area contributed by atoms with E-state index in [1.165, 1.54) is 36.3 Å². The summed E-state index contributed by atoms with van der Waals surface area (Å²) in [6.45, 7) is 11.1. The molecule has 1 aliphatic heterocycles. The Labute approximate surface area is 167 Å². The third-order valence-corrected chi connectivity index (χ3v) is 6.07. The van der Waals surface area contributed by atoms with E-state index in [0.717, 1.165) is 37.8 Å². The molecule has 2 unspecified atom stereocenters. The van der Waals surface area contributed by atoms with Gasteiger partial charge in [0.15, 0.2) is 0 Å². The van der Waals surface area contributed by atoms with E-state index < -0.39 is 0 Å². The monoisotopic (exact) mass is 379 g/mol. The summed E-state index contributed by atoms with van der Waals surface area (Å²) < 4.78 is 5.38. The van der Waals surface area contributed by atoms with Crippen LogP contribution < -0.4 is 4.90 Å². The average molecular weight is 380 g/mol. The van der Waals surface area contributed by atoms with E-state index in [-0.39, 0.29) is 0 Å². The summed E-state index contributed by atoms with van der Waals surface area (Å²) in [5.41, 5.74) is 1.34. The molecule has 1 aromatic rings. The van der Waals surface area contributed by atoms with E-state index in [9.17, 15) is 0 Å². The molecule has 2 atom stereocenters. The van der Waals surface area contributed by atoms with Gasteiger partial charge in [0, 0.05) is 30.8 Å². The number of anilines is 1. The van der Waals surface area contributed by atoms with Gasteiger partial charge in [0.05, 0.1) is 6.10 Å². The highest BCUT2D eigenvalue weighted by atomic mass is 32.2. The van der Waals surface area contributed by atoms with E-state index in [1.807, 2.05) is 7.11 Å². The van der Waals surface area contributed by atoms with Crippen LogP contribution in [0.2, 0.25) is 0 Å². The molecule has 0 spiro atoms. The number of thioether (sulfide) groups is 1. The first kappa shape index (κ1) is 23.4. The SMILES string of the molecule is CCC.CCC1CC1CC.COC1CCN(c2ccc(SC)cc2)CC1. The quantitative estimate of drug-likeness (QED) is 0.517. The number of piperidine rings is 1. The van der Waals surface area contributed by atoms with Crippen LogP contribution in [0.4, 0.5) is 5.69 Å². The van der Waals surface area contributed by atoms with E-state index in [0.29, 0.717) is 6.10 Å². The first-order valence-electron chi connectivity index (χ1n) is 10.5. The molecule has 0 radical (unpaired) electrons. The molecule has 2 nitrogen and oxygen atoms in total. The molecule has 0 amide bonds. The number of ether oxygens (including phenoxy) is 1. The molecular weight excluding hydrogens is 338 g/mol. The number of rotatable bonds is 5. The Morgan fingerprint density at radius 2 is 1.46 bits per heavy atom. The summed E-state index contributed by atoms with van der Waals surface area (Å²) in [6, 6.07) is 8.84. The zero-order valence-corrected chi connectivity index (χ0v) is 18.8. The molecule has 1 saturated carbocycles. The molecule has 1 aromatic carbocycles. The van der Waals surface area contributed by atoms with Gasteiger partial charge in [0.1, 0.15) is 0 Å². The van der Waals surface area contributed by atoms with Crippen molar-refractivity contribution in [2.24, 2.45) is 11.8 Å². The topological polar surface area (TPSA) is 12.5 Å². The lowest BCUT2D eigenvalue weighted by atomic mass is 10.1.